The van der Waals surface area contributed by atoms with Crippen LogP contribution < -0.4 is 0 Å². The zero-order chi connectivity index (χ0) is 9.19. The molecule has 1 saturated heterocycles. The van der Waals surface area contributed by atoms with Crippen molar-refractivity contribution in [3.63, 3.8) is 0 Å². The predicted molar refractivity (Wildman–Crippen MR) is 40.9 cm³/mol. The summed E-state index contributed by atoms with van der Waals surface area (Å²) in [6.07, 6.45) is 0.525. The highest BCUT2D eigenvalue weighted by molar-refractivity contribution is 5.76. The molecule has 1 amide bonds. The van der Waals surface area contributed by atoms with Gasteiger partial charge in [0.25, 0.3) is 0 Å². The Labute approximate surface area is 70.8 Å². The quantitative estimate of drug-likeness (QED) is 0.585. The minimum Gasteiger partial charge on any atom is -0.338 e. The van der Waals surface area contributed by atoms with Gasteiger partial charge in [-0.25, -0.2) is 4.39 Å². The summed E-state index contributed by atoms with van der Waals surface area (Å²) in [5, 5.41) is 8.43. The summed E-state index contributed by atoms with van der Waals surface area (Å²) >= 11 is 0. The molecule has 12 heavy (non-hydrogen) atoms. The number of rotatable bonds is 1. The zero-order valence-electron chi connectivity index (χ0n) is 7.01. The van der Waals surface area contributed by atoms with Crippen molar-refractivity contribution >= 4 is 5.91 Å². The molecule has 0 aromatic carbocycles. The van der Waals surface area contributed by atoms with Crippen molar-refractivity contribution in [2.24, 2.45) is 0 Å². The van der Waals surface area contributed by atoms with E-state index >= 15 is 0 Å². The molecule has 4 heteroatoms. The van der Waals surface area contributed by atoms with Crippen molar-refractivity contribution in [2.75, 3.05) is 13.1 Å². The molecule has 1 heterocycles. The van der Waals surface area contributed by atoms with Crippen LogP contribution >= 0.6 is 0 Å². The molecule has 0 aliphatic carbocycles. The van der Waals surface area contributed by atoms with Crippen LogP contribution in [0.15, 0.2) is 0 Å². The van der Waals surface area contributed by atoms with Crippen LogP contribution in [-0.2, 0) is 4.79 Å². The zero-order valence-corrected chi connectivity index (χ0v) is 7.01. The minimum atomic E-state index is -1.80. The Balaban J connectivity index is 2.58. The van der Waals surface area contributed by atoms with E-state index in [1.54, 1.807) is 13.0 Å². The molecule has 0 spiro atoms. The molecule has 0 N–H and O–H groups in total. The summed E-state index contributed by atoms with van der Waals surface area (Å²) in [6.45, 7) is 2.04. The van der Waals surface area contributed by atoms with Gasteiger partial charge in [-0.1, -0.05) is 6.92 Å². The van der Waals surface area contributed by atoms with Gasteiger partial charge in [0.2, 0.25) is 11.6 Å². The average Bonchev–Trinajstić information content (AvgIpc) is 2.48. The van der Waals surface area contributed by atoms with Gasteiger partial charge in [0.15, 0.2) is 0 Å². The Bertz CT molecular complexity index is 236. The van der Waals surface area contributed by atoms with Gasteiger partial charge in [-0.2, -0.15) is 5.26 Å². The number of halogens is 1. The standard InChI is InChI=1S/C8H11FN2O/c1-2-7(12)11-4-3-8(9,5-10)6-11/h2-4,6H2,1H3. The largest absolute Gasteiger partial charge is 0.338 e. The molecule has 0 saturated carbocycles. The third-order valence-corrected chi connectivity index (χ3v) is 2.07. The second-order valence-corrected chi connectivity index (χ2v) is 3.00. The summed E-state index contributed by atoms with van der Waals surface area (Å²) in [7, 11) is 0. The van der Waals surface area contributed by atoms with Crippen molar-refractivity contribution in [3.8, 4) is 6.07 Å². The lowest BCUT2D eigenvalue weighted by Crippen LogP contribution is -2.31. The lowest BCUT2D eigenvalue weighted by molar-refractivity contribution is -0.130. The SMILES string of the molecule is CCC(=O)N1CCC(F)(C#N)C1. The molecular formula is C8H11FN2O. The van der Waals surface area contributed by atoms with E-state index in [0.29, 0.717) is 13.0 Å². The van der Waals surface area contributed by atoms with Gasteiger partial charge in [0.1, 0.15) is 6.07 Å². The second-order valence-electron chi connectivity index (χ2n) is 3.00. The van der Waals surface area contributed by atoms with Crippen LogP contribution in [0.25, 0.3) is 0 Å². The van der Waals surface area contributed by atoms with E-state index in [9.17, 15) is 9.18 Å². The maximum absolute atomic E-state index is 13.2. The Hall–Kier alpha value is -1.11. The van der Waals surface area contributed by atoms with Crippen LogP contribution in [-0.4, -0.2) is 29.6 Å². The van der Waals surface area contributed by atoms with E-state index in [-0.39, 0.29) is 18.9 Å². The average molecular weight is 170 g/mol. The first-order valence-electron chi connectivity index (χ1n) is 3.99. The first-order valence-corrected chi connectivity index (χ1v) is 3.99. The summed E-state index contributed by atoms with van der Waals surface area (Å²) in [5.41, 5.74) is -1.80. The van der Waals surface area contributed by atoms with E-state index in [0.717, 1.165) is 0 Å². The molecule has 1 atom stereocenters. The maximum atomic E-state index is 13.2. The smallest absolute Gasteiger partial charge is 0.222 e. The molecule has 0 aromatic rings. The number of likely N-dealkylation sites (tertiary alicyclic amines) is 1. The molecule has 3 nitrogen and oxygen atoms in total. The summed E-state index contributed by atoms with van der Waals surface area (Å²) in [5.74, 6) is -0.0789. The van der Waals surface area contributed by atoms with Crippen LogP contribution in [0.2, 0.25) is 0 Å². The Morgan fingerprint density at radius 1 is 1.83 bits per heavy atom. The van der Waals surface area contributed by atoms with Gasteiger partial charge in [-0.15, -0.1) is 0 Å². The molecule has 0 radical (unpaired) electrons. The van der Waals surface area contributed by atoms with Gasteiger partial charge >= 0.3 is 0 Å². The number of carbonyl (C=O) groups is 1. The first kappa shape index (κ1) is 8.98. The van der Waals surface area contributed by atoms with E-state index < -0.39 is 5.67 Å². The van der Waals surface area contributed by atoms with Crippen LogP contribution in [0.3, 0.4) is 0 Å². The Morgan fingerprint density at radius 2 is 2.50 bits per heavy atom. The lowest BCUT2D eigenvalue weighted by atomic mass is 10.1. The molecular weight excluding hydrogens is 159 g/mol. The highest BCUT2D eigenvalue weighted by Gasteiger charge is 2.39. The van der Waals surface area contributed by atoms with Crippen LogP contribution in [0, 0.1) is 11.3 Å². The third-order valence-electron chi connectivity index (χ3n) is 2.07. The highest BCUT2D eigenvalue weighted by Crippen LogP contribution is 2.24. The number of hydrogen-bond acceptors (Lipinski definition) is 2. The van der Waals surface area contributed by atoms with Crippen molar-refractivity contribution in [1.29, 1.82) is 5.26 Å². The fourth-order valence-corrected chi connectivity index (χ4v) is 1.30. The summed E-state index contributed by atoms with van der Waals surface area (Å²) in [4.78, 5) is 12.5. The predicted octanol–water partition coefficient (Wildman–Crippen LogP) is 0.861. The van der Waals surface area contributed by atoms with Gasteiger partial charge in [0, 0.05) is 19.4 Å². The van der Waals surface area contributed by atoms with Crippen molar-refractivity contribution in [2.45, 2.75) is 25.4 Å². The van der Waals surface area contributed by atoms with E-state index in [2.05, 4.69) is 0 Å². The molecule has 66 valence electrons. The number of carbonyl (C=O) groups excluding carboxylic acids is 1. The van der Waals surface area contributed by atoms with Crippen LogP contribution in [0.5, 0.6) is 0 Å². The van der Waals surface area contributed by atoms with Gasteiger partial charge in [-0.3, -0.25) is 4.79 Å². The Morgan fingerprint density at radius 3 is 2.92 bits per heavy atom. The molecule has 1 aliphatic rings. The fourth-order valence-electron chi connectivity index (χ4n) is 1.30. The number of amides is 1. The fraction of sp³-hybridized carbons (Fsp3) is 0.750. The van der Waals surface area contributed by atoms with E-state index in [1.807, 2.05) is 0 Å². The number of hydrogen-bond donors (Lipinski definition) is 0. The molecule has 1 rings (SSSR count). The van der Waals surface area contributed by atoms with Crippen molar-refractivity contribution < 1.29 is 9.18 Å². The van der Waals surface area contributed by atoms with Crippen LogP contribution in [0.1, 0.15) is 19.8 Å². The second kappa shape index (κ2) is 3.10. The summed E-state index contributed by atoms with van der Waals surface area (Å²) < 4.78 is 13.2. The van der Waals surface area contributed by atoms with Crippen molar-refractivity contribution in [1.82, 2.24) is 4.90 Å². The topological polar surface area (TPSA) is 44.1 Å². The van der Waals surface area contributed by atoms with Gasteiger partial charge in [0.05, 0.1) is 6.54 Å². The van der Waals surface area contributed by atoms with Gasteiger partial charge < -0.3 is 4.90 Å². The van der Waals surface area contributed by atoms with Crippen molar-refractivity contribution in [3.05, 3.63) is 0 Å². The van der Waals surface area contributed by atoms with E-state index in [1.165, 1.54) is 4.90 Å². The molecule has 1 unspecified atom stereocenters. The molecule has 1 fully saturated rings. The summed E-state index contributed by atoms with van der Waals surface area (Å²) in [6, 6.07) is 1.59. The number of nitriles is 1. The maximum Gasteiger partial charge on any atom is 0.222 e. The van der Waals surface area contributed by atoms with Crippen LogP contribution in [0.4, 0.5) is 4.39 Å². The molecule has 0 aromatic heterocycles. The highest BCUT2D eigenvalue weighted by atomic mass is 19.1. The van der Waals surface area contributed by atoms with Gasteiger partial charge in [-0.05, 0) is 0 Å². The number of nitrogens with zero attached hydrogens (tertiary/aromatic N) is 2. The normalized spacial score (nSPS) is 28.6. The first-order chi connectivity index (χ1) is 5.61. The molecule has 0 bridgehead atoms. The minimum absolute atomic E-state index is 0.0594. The lowest BCUT2D eigenvalue weighted by Gasteiger charge is -2.14. The Kier molecular flexibility index (Phi) is 2.32. The third kappa shape index (κ3) is 1.55. The molecule has 1 aliphatic heterocycles. The monoisotopic (exact) mass is 170 g/mol. The number of alkyl halides is 1. The van der Waals surface area contributed by atoms with E-state index in [4.69, 9.17) is 5.26 Å².